The van der Waals surface area contributed by atoms with Crippen LogP contribution >= 0.6 is 11.6 Å². The van der Waals surface area contributed by atoms with Crippen LogP contribution in [-0.4, -0.2) is 5.88 Å². The Morgan fingerprint density at radius 2 is 2.22 bits per heavy atom. The van der Waals surface area contributed by atoms with Crippen LogP contribution in [0.3, 0.4) is 0 Å². The van der Waals surface area contributed by atoms with Crippen LogP contribution in [0.1, 0.15) is 32.6 Å². The fourth-order valence-corrected chi connectivity index (χ4v) is 1.98. The molecule has 9 heavy (non-hydrogen) atoms. The van der Waals surface area contributed by atoms with Crippen molar-refractivity contribution in [2.24, 2.45) is 11.8 Å². The molecule has 0 heterocycles. The van der Waals surface area contributed by atoms with Crippen LogP contribution in [0, 0.1) is 11.8 Å². The van der Waals surface area contributed by atoms with E-state index in [-0.39, 0.29) is 0 Å². The zero-order valence-corrected chi connectivity index (χ0v) is 6.82. The van der Waals surface area contributed by atoms with Gasteiger partial charge in [0.1, 0.15) is 0 Å². The van der Waals surface area contributed by atoms with E-state index >= 15 is 0 Å². The summed E-state index contributed by atoms with van der Waals surface area (Å²) in [7, 11) is 0. The van der Waals surface area contributed by atoms with Crippen molar-refractivity contribution >= 4 is 11.6 Å². The molecular formula is C8H15Cl. The Labute approximate surface area is 62.6 Å². The molecule has 0 aromatic heterocycles. The highest BCUT2D eigenvalue weighted by molar-refractivity contribution is 6.18. The van der Waals surface area contributed by atoms with Crippen molar-refractivity contribution in [3.05, 3.63) is 0 Å². The Morgan fingerprint density at radius 1 is 1.44 bits per heavy atom. The van der Waals surface area contributed by atoms with Gasteiger partial charge in [-0.3, -0.25) is 0 Å². The zero-order chi connectivity index (χ0) is 6.69. The molecule has 1 aliphatic rings. The van der Waals surface area contributed by atoms with Crippen LogP contribution in [0.5, 0.6) is 0 Å². The largest absolute Gasteiger partial charge is 0.126 e. The summed E-state index contributed by atoms with van der Waals surface area (Å²) in [6, 6.07) is 0. The minimum Gasteiger partial charge on any atom is -0.126 e. The average Bonchev–Trinajstić information content (AvgIpc) is 1.88. The monoisotopic (exact) mass is 146 g/mol. The lowest BCUT2D eigenvalue weighted by Crippen LogP contribution is -2.13. The third-order valence-electron chi connectivity index (χ3n) is 2.26. The van der Waals surface area contributed by atoms with Gasteiger partial charge in [-0.1, -0.05) is 19.8 Å². The predicted octanol–water partition coefficient (Wildman–Crippen LogP) is 3.05. The van der Waals surface area contributed by atoms with Crippen LogP contribution in [0.2, 0.25) is 0 Å². The maximum Gasteiger partial charge on any atom is 0.0251 e. The number of hydrogen-bond acceptors (Lipinski definition) is 0. The van der Waals surface area contributed by atoms with E-state index in [1.165, 1.54) is 25.7 Å². The SMILES string of the molecule is CC1CCCC(CCl)C1. The second-order valence-electron chi connectivity index (χ2n) is 3.29. The van der Waals surface area contributed by atoms with E-state index in [9.17, 15) is 0 Å². The number of halogens is 1. The molecule has 1 rings (SSSR count). The van der Waals surface area contributed by atoms with E-state index < -0.39 is 0 Å². The van der Waals surface area contributed by atoms with Crippen LogP contribution < -0.4 is 0 Å². The molecule has 1 heteroatoms. The molecule has 0 amide bonds. The van der Waals surface area contributed by atoms with Crippen molar-refractivity contribution < 1.29 is 0 Å². The lowest BCUT2D eigenvalue weighted by Gasteiger charge is -2.24. The van der Waals surface area contributed by atoms with E-state index in [1.54, 1.807) is 0 Å². The summed E-state index contributed by atoms with van der Waals surface area (Å²) >= 11 is 5.75. The standard InChI is InChI=1S/C8H15Cl/c1-7-3-2-4-8(5-7)6-9/h7-8H,2-6H2,1H3. The molecule has 1 saturated carbocycles. The van der Waals surface area contributed by atoms with Gasteiger partial charge in [0.25, 0.3) is 0 Å². The highest BCUT2D eigenvalue weighted by Gasteiger charge is 2.17. The summed E-state index contributed by atoms with van der Waals surface area (Å²) in [5.74, 6) is 2.64. The molecule has 0 bridgehead atoms. The lowest BCUT2D eigenvalue weighted by molar-refractivity contribution is 0.304. The second-order valence-corrected chi connectivity index (χ2v) is 3.60. The third-order valence-corrected chi connectivity index (χ3v) is 2.70. The molecule has 0 radical (unpaired) electrons. The minimum absolute atomic E-state index is 0.829. The van der Waals surface area contributed by atoms with Gasteiger partial charge in [0, 0.05) is 5.88 Å². The molecule has 1 aliphatic carbocycles. The highest BCUT2D eigenvalue weighted by Crippen LogP contribution is 2.28. The normalized spacial score (nSPS) is 36.7. The fourth-order valence-electron chi connectivity index (χ4n) is 1.70. The van der Waals surface area contributed by atoms with Gasteiger partial charge in [-0.25, -0.2) is 0 Å². The van der Waals surface area contributed by atoms with Gasteiger partial charge in [-0.15, -0.1) is 11.6 Å². The van der Waals surface area contributed by atoms with Crippen molar-refractivity contribution in [1.29, 1.82) is 0 Å². The van der Waals surface area contributed by atoms with Crippen LogP contribution in [0.25, 0.3) is 0 Å². The van der Waals surface area contributed by atoms with Crippen LogP contribution in [0.4, 0.5) is 0 Å². The number of alkyl halides is 1. The first kappa shape index (κ1) is 7.40. The molecule has 54 valence electrons. The first-order chi connectivity index (χ1) is 4.33. The van der Waals surface area contributed by atoms with E-state index in [4.69, 9.17) is 11.6 Å². The summed E-state index contributed by atoms with van der Waals surface area (Å²) < 4.78 is 0. The fraction of sp³-hybridized carbons (Fsp3) is 1.00. The van der Waals surface area contributed by atoms with Crippen molar-refractivity contribution in [2.45, 2.75) is 32.6 Å². The lowest BCUT2D eigenvalue weighted by atomic mass is 9.84. The Kier molecular flexibility index (Phi) is 2.84. The molecule has 0 N–H and O–H groups in total. The van der Waals surface area contributed by atoms with Gasteiger partial charge >= 0.3 is 0 Å². The zero-order valence-electron chi connectivity index (χ0n) is 6.07. The van der Waals surface area contributed by atoms with E-state index in [0.29, 0.717) is 0 Å². The molecule has 2 unspecified atom stereocenters. The van der Waals surface area contributed by atoms with Crippen molar-refractivity contribution in [3.8, 4) is 0 Å². The van der Waals surface area contributed by atoms with Crippen molar-refractivity contribution in [2.75, 3.05) is 5.88 Å². The number of rotatable bonds is 1. The summed E-state index contributed by atoms with van der Waals surface area (Å²) in [6.07, 6.45) is 5.56. The maximum atomic E-state index is 5.75. The molecule has 0 spiro atoms. The molecule has 2 atom stereocenters. The van der Waals surface area contributed by atoms with Gasteiger partial charge < -0.3 is 0 Å². The van der Waals surface area contributed by atoms with Gasteiger partial charge in [-0.2, -0.15) is 0 Å². The van der Waals surface area contributed by atoms with E-state index in [0.717, 1.165) is 17.7 Å². The van der Waals surface area contributed by atoms with E-state index in [2.05, 4.69) is 6.92 Å². The van der Waals surface area contributed by atoms with Crippen molar-refractivity contribution in [1.82, 2.24) is 0 Å². The molecule has 0 aliphatic heterocycles. The molecule has 1 fully saturated rings. The smallest absolute Gasteiger partial charge is 0.0251 e. The summed E-state index contributed by atoms with van der Waals surface area (Å²) in [5.41, 5.74) is 0. The molecule has 0 saturated heterocycles. The van der Waals surface area contributed by atoms with Gasteiger partial charge in [0.05, 0.1) is 0 Å². The first-order valence-corrected chi connectivity index (χ1v) is 4.42. The Hall–Kier alpha value is 0.290. The topological polar surface area (TPSA) is 0 Å². The van der Waals surface area contributed by atoms with Gasteiger partial charge in [0.15, 0.2) is 0 Å². The highest BCUT2D eigenvalue weighted by atomic mass is 35.5. The van der Waals surface area contributed by atoms with E-state index in [1.807, 2.05) is 0 Å². The summed E-state index contributed by atoms with van der Waals surface area (Å²) in [4.78, 5) is 0. The maximum absolute atomic E-state index is 5.75. The molecule has 0 aromatic carbocycles. The summed E-state index contributed by atoms with van der Waals surface area (Å²) in [5, 5.41) is 0. The van der Waals surface area contributed by atoms with Crippen molar-refractivity contribution in [3.63, 3.8) is 0 Å². The minimum atomic E-state index is 0.829. The van der Waals surface area contributed by atoms with Gasteiger partial charge in [-0.05, 0) is 24.7 Å². The quantitative estimate of drug-likeness (QED) is 0.499. The van der Waals surface area contributed by atoms with Gasteiger partial charge in [0.2, 0.25) is 0 Å². The summed E-state index contributed by atoms with van der Waals surface area (Å²) in [6.45, 7) is 2.33. The third kappa shape index (κ3) is 2.17. The Balaban J connectivity index is 2.23. The van der Waals surface area contributed by atoms with Crippen LogP contribution in [0.15, 0.2) is 0 Å². The molecule has 0 aromatic rings. The number of hydrogen-bond donors (Lipinski definition) is 0. The predicted molar refractivity (Wildman–Crippen MR) is 41.8 cm³/mol. The Morgan fingerprint density at radius 3 is 2.67 bits per heavy atom. The second kappa shape index (κ2) is 3.46. The first-order valence-electron chi connectivity index (χ1n) is 3.89. The molecular weight excluding hydrogens is 132 g/mol. The average molecular weight is 147 g/mol. The van der Waals surface area contributed by atoms with Crippen LogP contribution in [-0.2, 0) is 0 Å². The Bertz CT molecular complexity index is 80.6. The molecule has 0 nitrogen and oxygen atoms in total.